The van der Waals surface area contributed by atoms with E-state index in [2.05, 4.69) is 7.05 Å². The minimum absolute atomic E-state index is 0.112. The van der Waals surface area contributed by atoms with Gasteiger partial charge >= 0.3 is 5.97 Å². The van der Waals surface area contributed by atoms with Gasteiger partial charge in [-0.15, -0.1) is 0 Å². The predicted octanol–water partition coefficient (Wildman–Crippen LogP) is 2.56. The maximum Gasteiger partial charge on any atom is 0.307 e. The summed E-state index contributed by atoms with van der Waals surface area (Å²) in [7, 11) is 2.41. The van der Waals surface area contributed by atoms with E-state index in [1.165, 1.54) is 43.4 Å². The van der Waals surface area contributed by atoms with Crippen LogP contribution < -0.4 is 0 Å². The average molecular weight is 262 g/mol. The molecule has 4 rings (SSSR count). The molecule has 1 N–H and O–H groups in total. The van der Waals surface area contributed by atoms with Gasteiger partial charge in [-0.25, -0.2) is 0 Å². The summed E-state index contributed by atoms with van der Waals surface area (Å²) in [6, 6.07) is 9.13. The summed E-state index contributed by atoms with van der Waals surface area (Å²) in [5.41, 5.74) is 0.843. The number of nitrogens with zero attached hydrogens (tertiary/aromatic N) is 1. The van der Waals surface area contributed by atoms with Crippen LogP contribution in [-0.4, -0.2) is 42.2 Å². The first-order valence-corrected chi connectivity index (χ1v) is 7.17. The normalized spacial score (nSPS) is 28.4. The van der Waals surface area contributed by atoms with Crippen molar-refractivity contribution < 1.29 is 14.4 Å². The Morgan fingerprint density at radius 2 is 1.68 bits per heavy atom. The minimum Gasteiger partial charge on any atom is -0.481 e. The molecule has 0 radical (unpaired) electrons. The van der Waals surface area contributed by atoms with E-state index in [4.69, 9.17) is 5.11 Å². The summed E-state index contributed by atoms with van der Waals surface area (Å²) in [5, 5.41) is 8.37. The average Bonchev–Trinajstić information content (AvgIpc) is 2.41. The lowest BCUT2D eigenvalue weighted by molar-refractivity contribution is -0.924. The lowest BCUT2D eigenvalue weighted by Crippen LogP contribution is -2.55. The molecule has 1 aromatic carbocycles. The van der Waals surface area contributed by atoms with Crippen LogP contribution in [0.3, 0.4) is 0 Å². The highest BCUT2D eigenvalue weighted by Gasteiger charge is 2.35. The maximum absolute atomic E-state index is 10.2. The number of carboxylic acid groups (broad SMARTS) is 1. The largest absolute Gasteiger partial charge is 0.481 e. The number of aliphatic carboxylic acids is 1. The summed E-state index contributed by atoms with van der Waals surface area (Å²) in [4.78, 5) is 10.2. The minimum atomic E-state index is -0.786. The van der Waals surface area contributed by atoms with Crippen LogP contribution in [0.1, 0.15) is 24.8 Å². The van der Waals surface area contributed by atoms with Gasteiger partial charge in [0.1, 0.15) is 0 Å². The van der Waals surface area contributed by atoms with Crippen molar-refractivity contribution in [3.05, 3.63) is 35.9 Å². The molecule has 0 amide bonds. The van der Waals surface area contributed by atoms with Crippen molar-refractivity contribution in [1.82, 2.24) is 0 Å². The molecule has 0 aliphatic carbocycles. The predicted molar refractivity (Wildman–Crippen MR) is 75.9 cm³/mol. The van der Waals surface area contributed by atoms with Crippen molar-refractivity contribution in [2.24, 2.45) is 5.92 Å². The fourth-order valence-electron chi connectivity index (χ4n) is 3.02. The van der Waals surface area contributed by atoms with Gasteiger partial charge in [-0.3, -0.25) is 4.79 Å². The number of hydrogen-bond acceptors (Lipinski definition) is 1. The van der Waals surface area contributed by atoms with Gasteiger partial charge in [0.15, 0.2) is 0 Å². The molecule has 0 atom stereocenters. The Balaban J connectivity index is 0.000000141. The first-order chi connectivity index (χ1) is 9.07. The Morgan fingerprint density at radius 1 is 1.16 bits per heavy atom. The fraction of sp³-hybridized carbons (Fsp3) is 0.562. The second kappa shape index (κ2) is 6.20. The van der Waals surface area contributed by atoms with E-state index >= 15 is 0 Å². The molecule has 3 heteroatoms. The van der Waals surface area contributed by atoms with Crippen molar-refractivity contribution in [2.45, 2.75) is 25.7 Å². The van der Waals surface area contributed by atoms with Crippen molar-refractivity contribution in [1.29, 1.82) is 0 Å². The van der Waals surface area contributed by atoms with E-state index < -0.39 is 5.97 Å². The monoisotopic (exact) mass is 262 g/mol. The Hall–Kier alpha value is -1.35. The third kappa shape index (κ3) is 4.35. The molecular weight excluding hydrogens is 238 g/mol. The van der Waals surface area contributed by atoms with Crippen molar-refractivity contribution >= 4 is 5.97 Å². The molecule has 3 aliphatic heterocycles. The summed E-state index contributed by atoms with van der Waals surface area (Å²) in [6.07, 6.45) is 4.64. The van der Waals surface area contributed by atoms with E-state index in [9.17, 15) is 4.79 Å². The lowest BCUT2D eigenvalue weighted by Gasteiger charge is -2.46. The highest BCUT2D eigenvalue weighted by molar-refractivity contribution is 5.70. The zero-order valence-corrected chi connectivity index (χ0v) is 11.7. The summed E-state index contributed by atoms with van der Waals surface area (Å²) in [6.45, 7) is 4.39. The van der Waals surface area contributed by atoms with Gasteiger partial charge in [-0.2, -0.15) is 0 Å². The van der Waals surface area contributed by atoms with Crippen LogP contribution in [0.2, 0.25) is 0 Å². The molecule has 3 fully saturated rings. The van der Waals surface area contributed by atoms with Gasteiger partial charge in [-0.05, 0) is 30.7 Å². The molecule has 0 aromatic heterocycles. The number of carbonyl (C=O) groups is 1. The van der Waals surface area contributed by atoms with Gasteiger partial charge in [0, 0.05) is 0 Å². The third-order valence-corrected chi connectivity index (χ3v) is 4.43. The van der Waals surface area contributed by atoms with Crippen LogP contribution in [0.5, 0.6) is 0 Å². The molecule has 2 bridgehead atoms. The highest BCUT2D eigenvalue weighted by Crippen LogP contribution is 2.31. The zero-order valence-electron chi connectivity index (χ0n) is 11.7. The van der Waals surface area contributed by atoms with Crippen LogP contribution in [0, 0.1) is 5.92 Å². The first kappa shape index (κ1) is 14.1. The molecule has 0 saturated carbocycles. The van der Waals surface area contributed by atoms with Crippen LogP contribution in [0.4, 0.5) is 0 Å². The lowest BCUT2D eigenvalue weighted by atomic mass is 9.86. The van der Waals surface area contributed by atoms with Crippen LogP contribution >= 0.6 is 0 Å². The fourth-order valence-corrected chi connectivity index (χ4v) is 3.02. The molecule has 3 nitrogen and oxygen atoms in total. The number of fused-ring (bicyclic) bond motifs is 3. The van der Waals surface area contributed by atoms with E-state index in [0.717, 1.165) is 11.5 Å². The second-order valence-electron chi connectivity index (χ2n) is 6.08. The number of carboxylic acids is 1. The number of quaternary nitrogens is 1. The Morgan fingerprint density at radius 3 is 2.05 bits per heavy atom. The number of benzene rings is 1. The standard InChI is InChI=1S/C8H16N.C8H8O2/c1-9-5-2-8(3-6-9)4-7-9;9-8(10)6-7-4-2-1-3-5-7/h8H,2-7H2,1H3;1-5H,6H2,(H,9,10)/q+1;. The van der Waals surface area contributed by atoms with Gasteiger partial charge in [0.05, 0.1) is 33.1 Å². The molecule has 19 heavy (non-hydrogen) atoms. The van der Waals surface area contributed by atoms with Crippen LogP contribution in [0.25, 0.3) is 0 Å². The second-order valence-corrected chi connectivity index (χ2v) is 6.08. The molecule has 1 aromatic rings. The van der Waals surface area contributed by atoms with Gasteiger partial charge in [0.2, 0.25) is 0 Å². The highest BCUT2D eigenvalue weighted by atomic mass is 16.4. The molecule has 0 unspecified atom stereocenters. The molecule has 3 saturated heterocycles. The van der Waals surface area contributed by atoms with E-state index in [-0.39, 0.29) is 6.42 Å². The smallest absolute Gasteiger partial charge is 0.307 e. The molecule has 104 valence electrons. The van der Waals surface area contributed by atoms with Crippen molar-refractivity contribution in [3.8, 4) is 0 Å². The molecular formula is C16H24NO2+. The third-order valence-electron chi connectivity index (χ3n) is 4.43. The van der Waals surface area contributed by atoms with E-state index in [1.54, 1.807) is 12.1 Å². The summed E-state index contributed by atoms with van der Waals surface area (Å²) in [5.74, 6) is 0.330. The Bertz CT molecular complexity index is 394. The van der Waals surface area contributed by atoms with E-state index in [0.29, 0.717) is 0 Å². The molecule has 3 aliphatic rings. The first-order valence-electron chi connectivity index (χ1n) is 7.17. The Kier molecular flexibility index (Phi) is 4.59. The van der Waals surface area contributed by atoms with Crippen LogP contribution in [-0.2, 0) is 11.2 Å². The topological polar surface area (TPSA) is 37.3 Å². The number of rotatable bonds is 2. The van der Waals surface area contributed by atoms with E-state index in [1.807, 2.05) is 18.2 Å². The summed E-state index contributed by atoms with van der Waals surface area (Å²) >= 11 is 0. The SMILES string of the molecule is C[N+]12CCC(CC1)CC2.O=C(O)Cc1ccccc1. The van der Waals surface area contributed by atoms with Crippen molar-refractivity contribution in [2.75, 3.05) is 26.7 Å². The van der Waals surface area contributed by atoms with Crippen molar-refractivity contribution in [3.63, 3.8) is 0 Å². The van der Waals surface area contributed by atoms with Gasteiger partial charge < -0.3 is 9.59 Å². The van der Waals surface area contributed by atoms with Gasteiger partial charge in [0.25, 0.3) is 0 Å². The summed E-state index contributed by atoms with van der Waals surface area (Å²) < 4.78 is 1.39. The zero-order chi connectivity index (χ0) is 13.7. The van der Waals surface area contributed by atoms with Gasteiger partial charge in [-0.1, -0.05) is 30.3 Å². The maximum atomic E-state index is 10.2. The molecule has 0 spiro atoms. The Labute approximate surface area is 115 Å². The quantitative estimate of drug-likeness (QED) is 0.832. The number of piperidine rings is 3. The number of hydrogen-bond donors (Lipinski definition) is 1. The van der Waals surface area contributed by atoms with Crippen LogP contribution in [0.15, 0.2) is 30.3 Å². The molecule has 3 heterocycles.